The van der Waals surface area contributed by atoms with Gasteiger partial charge in [0.2, 0.25) is 0 Å². The van der Waals surface area contributed by atoms with Gasteiger partial charge in [-0.05, 0) is 24.1 Å². The number of hydrogen-bond donors (Lipinski definition) is 1. The molecule has 78 valence electrons. The molecule has 0 saturated carbocycles. The van der Waals surface area contributed by atoms with Crippen LogP contribution in [0.1, 0.15) is 22.1 Å². The minimum Gasteiger partial charge on any atom is -0.388 e. The highest BCUT2D eigenvalue weighted by molar-refractivity contribution is 7.09. The molecule has 1 N–H and O–H groups in total. The van der Waals surface area contributed by atoms with Crippen molar-refractivity contribution < 1.29 is 5.11 Å². The molecule has 0 amide bonds. The third-order valence-corrected chi connectivity index (χ3v) is 3.10. The molecule has 0 radical (unpaired) electrons. The molecule has 0 fully saturated rings. The van der Waals surface area contributed by atoms with Crippen molar-refractivity contribution in [3.8, 4) is 0 Å². The van der Waals surface area contributed by atoms with Crippen molar-refractivity contribution in [3.05, 3.63) is 46.2 Å². The first-order valence-corrected chi connectivity index (χ1v) is 5.61. The van der Waals surface area contributed by atoms with E-state index in [1.165, 1.54) is 0 Å². The molecule has 2 heterocycles. The Morgan fingerprint density at radius 2 is 2.27 bits per heavy atom. The van der Waals surface area contributed by atoms with Gasteiger partial charge in [0.05, 0.1) is 11.6 Å². The van der Waals surface area contributed by atoms with E-state index < -0.39 is 6.10 Å². The van der Waals surface area contributed by atoms with Crippen molar-refractivity contribution in [1.29, 1.82) is 0 Å². The van der Waals surface area contributed by atoms with Crippen LogP contribution in [0.25, 0.3) is 0 Å². The van der Waals surface area contributed by atoms with Crippen molar-refractivity contribution >= 4 is 11.3 Å². The van der Waals surface area contributed by atoms with Crippen molar-refractivity contribution in [2.24, 2.45) is 0 Å². The summed E-state index contributed by atoms with van der Waals surface area (Å²) in [6.45, 7) is 1.96. The molecule has 0 saturated heterocycles. The second-order valence-electron chi connectivity index (χ2n) is 3.42. The molecule has 0 aliphatic heterocycles. The summed E-state index contributed by atoms with van der Waals surface area (Å²) in [5, 5.41) is 10.0. The Balaban J connectivity index is 2.15. The molecule has 0 aliphatic rings. The number of pyridine rings is 1. The number of thiazole rings is 1. The highest BCUT2D eigenvalue weighted by Gasteiger charge is 2.11. The molecule has 0 spiro atoms. The molecule has 1 unspecified atom stereocenters. The van der Waals surface area contributed by atoms with E-state index in [2.05, 4.69) is 9.97 Å². The number of nitrogens with zero attached hydrogens (tertiary/aromatic N) is 2. The zero-order valence-corrected chi connectivity index (χ0v) is 9.24. The van der Waals surface area contributed by atoms with Crippen molar-refractivity contribution in [3.63, 3.8) is 0 Å². The van der Waals surface area contributed by atoms with Crippen LogP contribution in [-0.2, 0) is 6.42 Å². The van der Waals surface area contributed by atoms with Crippen LogP contribution in [0.3, 0.4) is 0 Å². The van der Waals surface area contributed by atoms with E-state index in [1.807, 2.05) is 13.0 Å². The Labute approximate surface area is 92.5 Å². The lowest BCUT2D eigenvalue weighted by molar-refractivity contribution is 0.178. The summed E-state index contributed by atoms with van der Waals surface area (Å²) < 4.78 is 0. The summed E-state index contributed by atoms with van der Waals surface area (Å²) in [5.74, 6) is 0. The molecular weight excluding hydrogens is 208 g/mol. The first-order valence-electron chi connectivity index (χ1n) is 4.73. The van der Waals surface area contributed by atoms with E-state index in [4.69, 9.17) is 0 Å². The fraction of sp³-hybridized carbons (Fsp3) is 0.273. The van der Waals surface area contributed by atoms with E-state index >= 15 is 0 Å². The van der Waals surface area contributed by atoms with Crippen LogP contribution in [0.5, 0.6) is 0 Å². The number of aliphatic hydroxyl groups excluding tert-OH is 1. The van der Waals surface area contributed by atoms with E-state index in [0.717, 1.165) is 16.0 Å². The lowest BCUT2D eigenvalue weighted by Gasteiger charge is -2.11. The smallest absolute Gasteiger partial charge is 0.0842 e. The Kier molecular flexibility index (Phi) is 3.08. The van der Waals surface area contributed by atoms with Gasteiger partial charge in [-0.3, -0.25) is 9.97 Å². The Bertz CT molecular complexity index is 428. The second kappa shape index (κ2) is 4.51. The summed E-state index contributed by atoms with van der Waals surface area (Å²) in [6.07, 6.45) is 5.43. The van der Waals surface area contributed by atoms with Gasteiger partial charge in [-0.15, -0.1) is 11.3 Å². The quantitative estimate of drug-likeness (QED) is 0.861. The summed E-state index contributed by atoms with van der Waals surface area (Å²) in [4.78, 5) is 9.09. The summed E-state index contributed by atoms with van der Waals surface area (Å²) >= 11 is 1.57. The Morgan fingerprint density at radius 1 is 1.40 bits per heavy atom. The third-order valence-electron chi connectivity index (χ3n) is 2.30. The number of hydrogen-bond acceptors (Lipinski definition) is 4. The first-order chi connectivity index (χ1) is 7.27. The number of rotatable bonds is 3. The van der Waals surface area contributed by atoms with Crippen LogP contribution in [0, 0.1) is 6.92 Å². The SMILES string of the molecule is Cc1cnccc1C(O)Cc1cncs1. The van der Waals surface area contributed by atoms with Gasteiger partial charge < -0.3 is 5.11 Å². The number of aliphatic hydroxyl groups is 1. The van der Waals surface area contributed by atoms with Gasteiger partial charge in [-0.25, -0.2) is 0 Å². The molecule has 0 aliphatic carbocycles. The maximum atomic E-state index is 10.0. The van der Waals surface area contributed by atoms with Crippen molar-refractivity contribution in [2.75, 3.05) is 0 Å². The lowest BCUT2D eigenvalue weighted by atomic mass is 10.0. The fourth-order valence-corrected chi connectivity index (χ4v) is 2.13. The normalized spacial score (nSPS) is 12.7. The molecule has 1 atom stereocenters. The average Bonchev–Trinajstić information content (AvgIpc) is 2.71. The minimum atomic E-state index is -0.464. The van der Waals surface area contributed by atoms with Crippen LogP contribution >= 0.6 is 11.3 Å². The maximum absolute atomic E-state index is 10.0. The summed E-state index contributed by atoms with van der Waals surface area (Å²) in [6, 6.07) is 1.86. The molecule has 4 heteroatoms. The zero-order chi connectivity index (χ0) is 10.7. The van der Waals surface area contributed by atoms with E-state index in [1.54, 1.807) is 35.4 Å². The molecule has 2 rings (SSSR count). The third kappa shape index (κ3) is 2.40. The van der Waals surface area contributed by atoms with Gasteiger partial charge in [0, 0.05) is 29.9 Å². The zero-order valence-electron chi connectivity index (χ0n) is 8.42. The van der Waals surface area contributed by atoms with E-state index in [-0.39, 0.29) is 0 Å². The van der Waals surface area contributed by atoms with Crippen LogP contribution < -0.4 is 0 Å². The van der Waals surface area contributed by atoms with Gasteiger partial charge in [0.15, 0.2) is 0 Å². The average molecular weight is 220 g/mol. The fourth-order valence-electron chi connectivity index (χ4n) is 1.50. The van der Waals surface area contributed by atoms with Gasteiger partial charge in [0.25, 0.3) is 0 Å². The molecule has 0 aromatic carbocycles. The predicted octanol–water partition coefficient (Wildman–Crippen LogP) is 2.12. The molecule has 3 nitrogen and oxygen atoms in total. The van der Waals surface area contributed by atoms with Gasteiger partial charge in [-0.1, -0.05) is 0 Å². The molecule has 15 heavy (non-hydrogen) atoms. The Morgan fingerprint density at radius 3 is 2.93 bits per heavy atom. The predicted molar refractivity (Wildman–Crippen MR) is 59.8 cm³/mol. The van der Waals surface area contributed by atoms with Crippen molar-refractivity contribution in [1.82, 2.24) is 9.97 Å². The molecule has 2 aromatic rings. The maximum Gasteiger partial charge on any atom is 0.0842 e. The lowest BCUT2D eigenvalue weighted by Crippen LogP contribution is -2.03. The molecular formula is C11H12N2OS. The highest BCUT2D eigenvalue weighted by atomic mass is 32.1. The summed E-state index contributed by atoms with van der Waals surface area (Å²) in [7, 11) is 0. The van der Waals surface area contributed by atoms with Crippen LogP contribution in [0.4, 0.5) is 0 Å². The van der Waals surface area contributed by atoms with Crippen molar-refractivity contribution in [2.45, 2.75) is 19.4 Å². The molecule has 2 aromatic heterocycles. The number of aryl methyl sites for hydroxylation is 1. The highest BCUT2D eigenvalue weighted by Crippen LogP contribution is 2.22. The number of aromatic nitrogens is 2. The first kappa shape index (κ1) is 10.3. The summed E-state index contributed by atoms with van der Waals surface area (Å²) in [5.41, 5.74) is 3.74. The van der Waals surface area contributed by atoms with Crippen LogP contribution in [0.15, 0.2) is 30.2 Å². The standard InChI is InChI=1S/C11H12N2OS/c1-8-5-12-3-2-10(8)11(14)4-9-6-13-7-15-9/h2-3,5-7,11,14H,4H2,1H3. The molecule has 0 bridgehead atoms. The second-order valence-corrected chi connectivity index (χ2v) is 4.39. The van der Waals surface area contributed by atoms with Gasteiger partial charge >= 0.3 is 0 Å². The van der Waals surface area contributed by atoms with E-state index in [9.17, 15) is 5.11 Å². The van der Waals surface area contributed by atoms with Gasteiger partial charge in [0.1, 0.15) is 0 Å². The van der Waals surface area contributed by atoms with Crippen LogP contribution in [0.2, 0.25) is 0 Å². The monoisotopic (exact) mass is 220 g/mol. The largest absolute Gasteiger partial charge is 0.388 e. The van der Waals surface area contributed by atoms with Crippen LogP contribution in [-0.4, -0.2) is 15.1 Å². The van der Waals surface area contributed by atoms with Gasteiger partial charge in [-0.2, -0.15) is 0 Å². The minimum absolute atomic E-state index is 0.464. The van der Waals surface area contributed by atoms with E-state index in [0.29, 0.717) is 6.42 Å². The Hall–Kier alpha value is -1.26. The topological polar surface area (TPSA) is 46.0 Å².